The molecule has 0 aromatic heterocycles. The van der Waals surface area contributed by atoms with Gasteiger partial charge in [0.25, 0.3) is 0 Å². The molecule has 0 saturated heterocycles. The van der Waals surface area contributed by atoms with Crippen LogP contribution in [0.25, 0.3) is 0 Å². The van der Waals surface area contributed by atoms with Gasteiger partial charge in [0.1, 0.15) is 0 Å². The third-order valence-corrected chi connectivity index (χ3v) is 0.698. The Labute approximate surface area is 53.3 Å². The fourth-order valence-electron chi connectivity index (χ4n) is 0.287. The average molecular weight is 127 g/mol. The molecule has 3 nitrogen and oxygen atoms in total. The van der Waals surface area contributed by atoms with E-state index in [9.17, 15) is 9.59 Å². The highest BCUT2D eigenvalue weighted by atomic mass is 16.5. The van der Waals surface area contributed by atoms with Crippen molar-refractivity contribution in [2.45, 2.75) is 6.42 Å². The molecule has 0 aliphatic carbocycles. The van der Waals surface area contributed by atoms with Gasteiger partial charge in [-0.2, -0.15) is 0 Å². The summed E-state index contributed by atoms with van der Waals surface area (Å²) in [7, 11) is 1.29. The van der Waals surface area contributed by atoms with E-state index in [1.807, 2.05) is 0 Å². The van der Waals surface area contributed by atoms with Crippen molar-refractivity contribution in [1.82, 2.24) is 0 Å². The molecule has 0 fully saturated rings. The highest BCUT2D eigenvalue weighted by Gasteiger charge is 1.91. The average Bonchev–Trinajstić information content (AvgIpc) is 1.89. The minimum absolute atomic E-state index is 0.131. The summed E-state index contributed by atoms with van der Waals surface area (Å²) in [5, 5.41) is 0. The first-order chi connectivity index (χ1) is 4.31. The number of carbonyl (C=O) groups excluding carboxylic acids is 2. The van der Waals surface area contributed by atoms with Crippen molar-refractivity contribution in [1.29, 1.82) is 0 Å². The number of carbonyl (C=O) groups is 1. The fourth-order valence-corrected chi connectivity index (χ4v) is 0.287. The third kappa shape index (κ3) is 4.74. The van der Waals surface area contributed by atoms with Gasteiger partial charge in [-0.25, -0.2) is 0 Å². The Morgan fingerprint density at radius 2 is 2.44 bits per heavy atom. The molecule has 0 aliphatic rings. The lowest BCUT2D eigenvalue weighted by molar-refractivity contribution is -0.139. The van der Waals surface area contributed by atoms with Gasteiger partial charge in [-0.15, -0.1) is 0 Å². The molecule has 0 rings (SSSR count). The highest BCUT2D eigenvalue weighted by Crippen LogP contribution is 1.83. The number of methoxy groups -OCH3 is 1. The van der Waals surface area contributed by atoms with E-state index in [2.05, 4.69) is 4.74 Å². The van der Waals surface area contributed by atoms with Gasteiger partial charge in [-0.1, -0.05) is 6.08 Å². The molecular formula is C6H7O3. The first kappa shape index (κ1) is 7.88. The summed E-state index contributed by atoms with van der Waals surface area (Å²) in [4.78, 5) is 19.8. The molecule has 0 N–H and O–H groups in total. The van der Waals surface area contributed by atoms with Gasteiger partial charge in [0.05, 0.1) is 13.5 Å². The van der Waals surface area contributed by atoms with Crippen molar-refractivity contribution in [3.8, 4) is 0 Å². The molecule has 49 valence electrons. The molecule has 0 saturated carbocycles. The molecule has 0 aromatic carbocycles. The van der Waals surface area contributed by atoms with Crippen LogP contribution in [0, 0.1) is 0 Å². The van der Waals surface area contributed by atoms with Crippen molar-refractivity contribution < 1.29 is 14.3 Å². The van der Waals surface area contributed by atoms with Crippen molar-refractivity contribution in [2.24, 2.45) is 0 Å². The first-order valence-electron chi connectivity index (χ1n) is 2.40. The Morgan fingerprint density at radius 3 is 2.89 bits per heavy atom. The predicted octanol–water partition coefficient (Wildman–Crippen LogP) is 0.215. The quantitative estimate of drug-likeness (QED) is 0.402. The lowest BCUT2D eigenvalue weighted by Crippen LogP contribution is -1.96. The SMILES string of the molecule is COC(=O)CC=C[C]=O. The zero-order valence-electron chi connectivity index (χ0n) is 5.09. The summed E-state index contributed by atoms with van der Waals surface area (Å²) in [6.07, 6.45) is 4.16. The minimum Gasteiger partial charge on any atom is -0.469 e. The third-order valence-electron chi connectivity index (χ3n) is 0.698. The van der Waals surface area contributed by atoms with Gasteiger partial charge in [-0.3, -0.25) is 9.59 Å². The summed E-state index contributed by atoms with van der Waals surface area (Å²) in [5.74, 6) is -0.360. The maximum absolute atomic E-state index is 10.3. The zero-order valence-corrected chi connectivity index (χ0v) is 5.09. The summed E-state index contributed by atoms with van der Waals surface area (Å²) in [6, 6.07) is 0. The van der Waals surface area contributed by atoms with Crippen LogP contribution in [-0.2, 0) is 14.3 Å². The lowest BCUT2D eigenvalue weighted by atomic mass is 10.4. The molecular weight excluding hydrogens is 120 g/mol. The molecule has 3 heteroatoms. The topological polar surface area (TPSA) is 43.4 Å². The van der Waals surface area contributed by atoms with Crippen molar-refractivity contribution in [3.05, 3.63) is 12.2 Å². The smallest absolute Gasteiger partial charge is 0.309 e. The molecule has 0 atom stereocenters. The van der Waals surface area contributed by atoms with Crippen LogP contribution in [0.15, 0.2) is 12.2 Å². The molecule has 0 heterocycles. The lowest BCUT2D eigenvalue weighted by Gasteiger charge is -1.89. The van der Waals surface area contributed by atoms with Gasteiger partial charge in [-0.05, 0) is 6.08 Å². The van der Waals surface area contributed by atoms with E-state index in [4.69, 9.17) is 0 Å². The monoisotopic (exact) mass is 127 g/mol. The number of hydrogen-bond donors (Lipinski definition) is 0. The first-order valence-corrected chi connectivity index (χ1v) is 2.40. The van der Waals surface area contributed by atoms with E-state index in [0.29, 0.717) is 0 Å². The van der Waals surface area contributed by atoms with Crippen LogP contribution >= 0.6 is 0 Å². The standard InChI is InChI=1S/C6H7O3/c1-9-6(8)4-2-3-5-7/h2-3H,4H2,1H3. The maximum Gasteiger partial charge on any atom is 0.309 e. The van der Waals surface area contributed by atoms with Gasteiger partial charge >= 0.3 is 5.97 Å². The Morgan fingerprint density at radius 1 is 1.78 bits per heavy atom. The van der Waals surface area contributed by atoms with Gasteiger partial charge < -0.3 is 4.74 Å². The summed E-state index contributed by atoms with van der Waals surface area (Å²) in [5.41, 5.74) is 0. The molecule has 1 radical (unpaired) electrons. The number of esters is 1. The van der Waals surface area contributed by atoms with Crippen LogP contribution in [-0.4, -0.2) is 19.4 Å². The van der Waals surface area contributed by atoms with E-state index in [1.165, 1.54) is 19.5 Å². The zero-order chi connectivity index (χ0) is 7.11. The fraction of sp³-hybridized carbons (Fsp3) is 0.333. The van der Waals surface area contributed by atoms with Gasteiger partial charge in [0.15, 0.2) is 0 Å². The molecule has 9 heavy (non-hydrogen) atoms. The van der Waals surface area contributed by atoms with E-state index in [1.54, 1.807) is 0 Å². The van der Waals surface area contributed by atoms with Crippen LogP contribution in [0.1, 0.15) is 6.42 Å². The van der Waals surface area contributed by atoms with Crippen LogP contribution in [0.4, 0.5) is 0 Å². The van der Waals surface area contributed by atoms with E-state index < -0.39 is 0 Å². The normalized spacial score (nSPS) is 9.44. The molecule has 0 aliphatic heterocycles. The number of allylic oxidation sites excluding steroid dienone is 1. The summed E-state index contributed by atoms with van der Waals surface area (Å²) < 4.78 is 4.28. The molecule has 0 amide bonds. The second-order valence-electron chi connectivity index (χ2n) is 1.30. The Hall–Kier alpha value is -1.12. The summed E-state index contributed by atoms with van der Waals surface area (Å²) in [6.45, 7) is 0. The van der Waals surface area contributed by atoms with Crippen molar-refractivity contribution in [2.75, 3.05) is 7.11 Å². The molecule has 0 aromatic rings. The largest absolute Gasteiger partial charge is 0.469 e. The number of hydrogen-bond acceptors (Lipinski definition) is 3. The van der Waals surface area contributed by atoms with Crippen molar-refractivity contribution in [3.63, 3.8) is 0 Å². The van der Waals surface area contributed by atoms with E-state index in [0.717, 1.165) is 6.08 Å². The van der Waals surface area contributed by atoms with Crippen LogP contribution in [0.2, 0.25) is 0 Å². The Bertz CT molecular complexity index is 126. The second-order valence-corrected chi connectivity index (χ2v) is 1.30. The Kier molecular flexibility index (Phi) is 4.40. The van der Waals surface area contributed by atoms with Crippen LogP contribution in [0.3, 0.4) is 0 Å². The highest BCUT2D eigenvalue weighted by molar-refractivity contribution is 5.73. The molecule has 0 unspecified atom stereocenters. The van der Waals surface area contributed by atoms with Crippen LogP contribution in [0.5, 0.6) is 0 Å². The number of rotatable bonds is 3. The minimum atomic E-state index is -0.360. The molecule has 0 spiro atoms. The number of ether oxygens (including phenoxy) is 1. The van der Waals surface area contributed by atoms with Crippen molar-refractivity contribution >= 4 is 12.3 Å². The van der Waals surface area contributed by atoms with E-state index >= 15 is 0 Å². The van der Waals surface area contributed by atoms with Crippen LogP contribution < -0.4 is 0 Å². The van der Waals surface area contributed by atoms with Gasteiger partial charge in [0.2, 0.25) is 6.29 Å². The second kappa shape index (κ2) is 5.03. The predicted molar refractivity (Wildman–Crippen MR) is 31.5 cm³/mol. The van der Waals surface area contributed by atoms with Gasteiger partial charge in [0, 0.05) is 0 Å². The van der Waals surface area contributed by atoms with E-state index in [-0.39, 0.29) is 12.4 Å². The Balaban J connectivity index is 3.37. The molecule has 0 bridgehead atoms. The maximum atomic E-state index is 10.3. The summed E-state index contributed by atoms with van der Waals surface area (Å²) >= 11 is 0.